The minimum absolute atomic E-state index is 0.00939. The van der Waals surface area contributed by atoms with E-state index in [0.29, 0.717) is 6.42 Å². The Labute approximate surface area is 200 Å². The second-order valence-corrected chi connectivity index (χ2v) is 11.8. The van der Waals surface area contributed by atoms with Gasteiger partial charge in [0, 0.05) is 6.42 Å². The fourth-order valence-electron chi connectivity index (χ4n) is 7.21. The molecule has 0 aliphatic heterocycles. The summed E-state index contributed by atoms with van der Waals surface area (Å²) < 4.78 is 5.58. The Hall–Kier alpha value is -0.530. The van der Waals surface area contributed by atoms with Crippen molar-refractivity contribution in [2.45, 2.75) is 155 Å². The van der Waals surface area contributed by atoms with Crippen molar-refractivity contribution < 1.29 is 9.53 Å². The van der Waals surface area contributed by atoms with E-state index in [-0.39, 0.29) is 12.1 Å². The van der Waals surface area contributed by atoms with Crippen LogP contribution in [0.4, 0.5) is 0 Å². The van der Waals surface area contributed by atoms with Crippen LogP contribution in [0.15, 0.2) is 0 Å². The average Bonchev–Trinajstić information content (AvgIpc) is 2.84. The summed E-state index contributed by atoms with van der Waals surface area (Å²) in [6.07, 6.45) is 29.3. The van der Waals surface area contributed by atoms with Gasteiger partial charge in [0.2, 0.25) is 0 Å². The Morgan fingerprint density at radius 3 is 1.59 bits per heavy atom. The van der Waals surface area contributed by atoms with Crippen LogP contribution in [0.1, 0.15) is 149 Å². The molecule has 2 heteroatoms. The van der Waals surface area contributed by atoms with E-state index in [4.69, 9.17) is 4.74 Å². The molecule has 3 rings (SSSR count). The molecule has 3 aliphatic carbocycles. The van der Waals surface area contributed by atoms with Crippen LogP contribution in [-0.4, -0.2) is 12.1 Å². The third-order valence-corrected chi connectivity index (χ3v) is 9.53. The zero-order valence-corrected chi connectivity index (χ0v) is 21.6. The summed E-state index contributed by atoms with van der Waals surface area (Å²) in [7, 11) is 0. The fraction of sp³-hybridized carbons (Fsp3) is 0.967. The first-order valence-corrected chi connectivity index (χ1v) is 14.9. The van der Waals surface area contributed by atoms with Gasteiger partial charge in [-0.3, -0.25) is 4.79 Å². The number of esters is 1. The maximum absolute atomic E-state index is 11.5. The third kappa shape index (κ3) is 9.02. The van der Waals surface area contributed by atoms with Crippen LogP contribution < -0.4 is 0 Å². The highest BCUT2D eigenvalue weighted by Gasteiger charge is 2.32. The van der Waals surface area contributed by atoms with Crippen molar-refractivity contribution in [3.8, 4) is 0 Å². The first kappa shape index (κ1) is 26.1. The van der Waals surface area contributed by atoms with Crippen molar-refractivity contribution in [3.05, 3.63) is 0 Å². The molecule has 3 fully saturated rings. The van der Waals surface area contributed by atoms with Crippen LogP contribution in [0.5, 0.6) is 0 Å². The fourth-order valence-corrected chi connectivity index (χ4v) is 7.21. The second kappa shape index (κ2) is 14.7. The predicted molar refractivity (Wildman–Crippen MR) is 136 cm³/mol. The van der Waals surface area contributed by atoms with E-state index in [1.54, 1.807) is 0 Å². The van der Waals surface area contributed by atoms with Gasteiger partial charge in [0.25, 0.3) is 0 Å². The molecule has 3 saturated carbocycles. The largest absolute Gasteiger partial charge is 0.462 e. The lowest BCUT2D eigenvalue weighted by Gasteiger charge is -2.38. The summed E-state index contributed by atoms with van der Waals surface area (Å²) in [5.74, 6) is 4.98. The van der Waals surface area contributed by atoms with Gasteiger partial charge in [-0.05, 0) is 68.1 Å². The van der Waals surface area contributed by atoms with Gasteiger partial charge in [0.05, 0.1) is 0 Å². The van der Waals surface area contributed by atoms with Crippen LogP contribution in [0, 0.1) is 29.6 Å². The number of carbonyl (C=O) groups excluding carboxylic acids is 1. The van der Waals surface area contributed by atoms with Crippen molar-refractivity contribution in [1.82, 2.24) is 0 Å². The Bertz CT molecular complexity index is 491. The van der Waals surface area contributed by atoms with Crippen LogP contribution >= 0.6 is 0 Å². The summed E-state index contributed by atoms with van der Waals surface area (Å²) in [4.78, 5) is 11.5. The van der Waals surface area contributed by atoms with Crippen molar-refractivity contribution in [2.24, 2.45) is 29.6 Å². The molecule has 0 saturated heterocycles. The van der Waals surface area contributed by atoms with Crippen molar-refractivity contribution >= 4 is 5.97 Å². The molecule has 0 radical (unpaired) electrons. The van der Waals surface area contributed by atoms with Gasteiger partial charge >= 0.3 is 5.97 Å². The molecule has 0 heterocycles. The third-order valence-electron chi connectivity index (χ3n) is 9.53. The Balaban J connectivity index is 1.22. The van der Waals surface area contributed by atoms with Gasteiger partial charge in [-0.2, -0.15) is 0 Å². The Morgan fingerprint density at radius 1 is 0.594 bits per heavy atom. The number of unbranched alkanes of at least 4 members (excludes halogenated alkanes) is 4. The van der Waals surface area contributed by atoms with Crippen molar-refractivity contribution in [2.75, 3.05) is 0 Å². The van der Waals surface area contributed by atoms with E-state index < -0.39 is 0 Å². The first-order valence-electron chi connectivity index (χ1n) is 14.9. The van der Waals surface area contributed by atoms with E-state index >= 15 is 0 Å². The summed E-state index contributed by atoms with van der Waals surface area (Å²) in [6.45, 7) is 4.21. The van der Waals surface area contributed by atoms with E-state index in [1.165, 1.54) is 116 Å². The maximum Gasteiger partial charge on any atom is 0.305 e. The van der Waals surface area contributed by atoms with Crippen LogP contribution in [0.25, 0.3) is 0 Å². The molecule has 0 amide bonds. The quantitative estimate of drug-likeness (QED) is 0.220. The first-order chi connectivity index (χ1) is 15.7. The summed E-state index contributed by atoms with van der Waals surface area (Å²) in [5, 5.41) is 0. The second-order valence-electron chi connectivity index (χ2n) is 11.8. The minimum Gasteiger partial charge on any atom is -0.462 e. The summed E-state index contributed by atoms with van der Waals surface area (Å²) in [5.41, 5.74) is 0. The van der Waals surface area contributed by atoms with Gasteiger partial charge in [0.15, 0.2) is 0 Å². The van der Waals surface area contributed by atoms with Gasteiger partial charge in [-0.25, -0.2) is 0 Å². The smallest absolute Gasteiger partial charge is 0.305 e. The van der Waals surface area contributed by atoms with E-state index in [1.807, 2.05) is 6.92 Å². The van der Waals surface area contributed by atoms with E-state index in [0.717, 1.165) is 42.4 Å². The number of rotatable bonds is 12. The molecular formula is C30H54O2. The van der Waals surface area contributed by atoms with E-state index in [2.05, 4.69) is 6.92 Å². The number of carbonyl (C=O) groups is 1. The molecule has 0 aromatic rings. The van der Waals surface area contributed by atoms with Crippen molar-refractivity contribution in [1.29, 1.82) is 0 Å². The molecule has 0 unspecified atom stereocenters. The Morgan fingerprint density at radius 2 is 1.06 bits per heavy atom. The lowest BCUT2D eigenvalue weighted by atomic mass is 9.69. The molecule has 0 N–H and O–H groups in total. The van der Waals surface area contributed by atoms with E-state index in [9.17, 15) is 4.79 Å². The molecular weight excluding hydrogens is 392 g/mol. The zero-order chi connectivity index (χ0) is 22.6. The molecule has 2 nitrogen and oxygen atoms in total. The maximum atomic E-state index is 11.5. The van der Waals surface area contributed by atoms with Crippen LogP contribution in [0.2, 0.25) is 0 Å². The molecule has 0 bridgehead atoms. The highest BCUT2D eigenvalue weighted by Crippen LogP contribution is 2.42. The van der Waals surface area contributed by atoms with Crippen LogP contribution in [-0.2, 0) is 9.53 Å². The van der Waals surface area contributed by atoms with Gasteiger partial charge in [0.1, 0.15) is 6.10 Å². The van der Waals surface area contributed by atoms with Crippen molar-refractivity contribution in [3.63, 3.8) is 0 Å². The standard InChI is InChI=1S/C30H54O2/c1-3-5-6-7-8-9-24-10-12-25(13-11-24)14-15-26-16-18-27(19-17-26)28-20-22-29(23-21-28)32-30(31)4-2/h24-29H,3-23H2,1-2H3. The molecule has 0 aromatic carbocycles. The number of hydrogen-bond donors (Lipinski definition) is 0. The molecule has 32 heavy (non-hydrogen) atoms. The average molecular weight is 447 g/mol. The van der Waals surface area contributed by atoms with Gasteiger partial charge in [-0.15, -0.1) is 0 Å². The lowest BCUT2D eigenvalue weighted by molar-refractivity contribution is -0.150. The number of ether oxygens (including phenoxy) is 1. The SMILES string of the molecule is CCCCCCCC1CCC(CCC2CCC(C3CCC(OC(=O)CC)CC3)CC2)CC1. The Kier molecular flexibility index (Phi) is 12.0. The monoisotopic (exact) mass is 446 g/mol. The molecule has 0 spiro atoms. The zero-order valence-electron chi connectivity index (χ0n) is 21.6. The highest BCUT2D eigenvalue weighted by molar-refractivity contribution is 5.69. The minimum atomic E-state index is -0.00939. The summed E-state index contributed by atoms with van der Waals surface area (Å²) >= 11 is 0. The van der Waals surface area contributed by atoms with Gasteiger partial charge < -0.3 is 4.74 Å². The lowest BCUT2D eigenvalue weighted by Crippen LogP contribution is -2.29. The summed E-state index contributed by atoms with van der Waals surface area (Å²) in [6, 6.07) is 0. The molecule has 3 aliphatic rings. The molecule has 0 aromatic heterocycles. The van der Waals surface area contributed by atoms with Gasteiger partial charge in [-0.1, -0.05) is 104 Å². The topological polar surface area (TPSA) is 26.3 Å². The normalized spacial score (nSPS) is 33.7. The number of hydrogen-bond acceptors (Lipinski definition) is 2. The molecule has 186 valence electrons. The predicted octanol–water partition coefficient (Wildman–Crippen LogP) is 9.25. The highest BCUT2D eigenvalue weighted by atomic mass is 16.5. The van der Waals surface area contributed by atoms with Crippen LogP contribution in [0.3, 0.4) is 0 Å². The molecule has 0 atom stereocenters.